The SMILES string of the molecule is CC(=N)c1cc(C)c(F)cc1NCC(C)(C)O. The van der Waals surface area contributed by atoms with E-state index in [-0.39, 0.29) is 5.82 Å². The summed E-state index contributed by atoms with van der Waals surface area (Å²) in [7, 11) is 0. The molecule has 0 aromatic heterocycles. The number of hydrogen-bond donors (Lipinski definition) is 3. The molecule has 0 aliphatic carbocycles. The van der Waals surface area contributed by atoms with E-state index in [9.17, 15) is 9.50 Å². The number of aliphatic hydroxyl groups is 1. The van der Waals surface area contributed by atoms with E-state index < -0.39 is 5.60 Å². The summed E-state index contributed by atoms with van der Waals surface area (Å²) < 4.78 is 13.5. The predicted molar refractivity (Wildman–Crippen MR) is 68.4 cm³/mol. The second-order valence-corrected chi connectivity index (χ2v) is 4.94. The molecular weight excluding hydrogens is 219 g/mol. The van der Waals surface area contributed by atoms with Gasteiger partial charge in [0.25, 0.3) is 0 Å². The first-order valence-electron chi connectivity index (χ1n) is 5.52. The van der Waals surface area contributed by atoms with Gasteiger partial charge in [-0.05, 0) is 45.4 Å². The third kappa shape index (κ3) is 3.82. The van der Waals surface area contributed by atoms with Gasteiger partial charge in [0.1, 0.15) is 5.82 Å². The van der Waals surface area contributed by atoms with Gasteiger partial charge in [0.2, 0.25) is 0 Å². The molecule has 1 aromatic carbocycles. The van der Waals surface area contributed by atoms with Gasteiger partial charge in [-0.25, -0.2) is 4.39 Å². The zero-order valence-corrected chi connectivity index (χ0v) is 10.7. The van der Waals surface area contributed by atoms with E-state index in [1.54, 1.807) is 33.8 Å². The number of benzene rings is 1. The molecule has 0 atom stereocenters. The molecule has 0 saturated carbocycles. The third-order valence-electron chi connectivity index (χ3n) is 2.41. The minimum Gasteiger partial charge on any atom is -0.389 e. The minimum atomic E-state index is -0.880. The fourth-order valence-electron chi connectivity index (χ4n) is 1.45. The van der Waals surface area contributed by atoms with Gasteiger partial charge < -0.3 is 15.8 Å². The molecule has 0 aliphatic rings. The molecule has 0 saturated heterocycles. The van der Waals surface area contributed by atoms with Crippen molar-refractivity contribution >= 4 is 11.4 Å². The van der Waals surface area contributed by atoms with Gasteiger partial charge in [-0.2, -0.15) is 0 Å². The maximum Gasteiger partial charge on any atom is 0.128 e. The van der Waals surface area contributed by atoms with Gasteiger partial charge >= 0.3 is 0 Å². The fraction of sp³-hybridized carbons (Fsp3) is 0.462. The largest absolute Gasteiger partial charge is 0.389 e. The summed E-state index contributed by atoms with van der Waals surface area (Å²) in [5.41, 5.74) is 1.21. The van der Waals surface area contributed by atoms with Crippen molar-refractivity contribution in [3.8, 4) is 0 Å². The Bertz CT molecular complexity index is 436. The molecule has 0 amide bonds. The Balaban J connectivity index is 3.05. The standard InChI is InChI=1S/C13H19FN2O/c1-8-5-10(9(2)15)12(6-11(8)14)16-7-13(3,4)17/h5-6,15-17H,7H2,1-4H3. The van der Waals surface area contributed by atoms with Crippen molar-refractivity contribution in [1.82, 2.24) is 0 Å². The summed E-state index contributed by atoms with van der Waals surface area (Å²) in [4.78, 5) is 0. The van der Waals surface area contributed by atoms with Crippen LogP contribution in [-0.2, 0) is 0 Å². The molecular formula is C13H19FN2O. The zero-order chi connectivity index (χ0) is 13.2. The number of nitrogens with one attached hydrogen (secondary N) is 2. The van der Waals surface area contributed by atoms with Crippen LogP contribution in [0.25, 0.3) is 0 Å². The molecule has 0 fully saturated rings. The minimum absolute atomic E-state index is 0.301. The summed E-state index contributed by atoms with van der Waals surface area (Å²) in [6.07, 6.45) is 0. The maximum absolute atomic E-state index is 13.5. The van der Waals surface area contributed by atoms with E-state index in [4.69, 9.17) is 5.41 Å². The summed E-state index contributed by atoms with van der Waals surface area (Å²) in [6, 6.07) is 3.01. The molecule has 0 unspecified atom stereocenters. The monoisotopic (exact) mass is 238 g/mol. The van der Waals surface area contributed by atoms with Crippen molar-refractivity contribution in [2.24, 2.45) is 0 Å². The first-order valence-corrected chi connectivity index (χ1v) is 5.52. The Morgan fingerprint density at radius 1 is 1.47 bits per heavy atom. The van der Waals surface area contributed by atoms with Crippen LogP contribution in [0, 0.1) is 18.2 Å². The first kappa shape index (κ1) is 13.6. The zero-order valence-electron chi connectivity index (χ0n) is 10.7. The Hall–Kier alpha value is -1.42. The van der Waals surface area contributed by atoms with Crippen molar-refractivity contribution in [2.45, 2.75) is 33.3 Å². The van der Waals surface area contributed by atoms with Crippen molar-refractivity contribution < 1.29 is 9.50 Å². The molecule has 0 bridgehead atoms. The molecule has 4 heteroatoms. The maximum atomic E-state index is 13.5. The van der Waals surface area contributed by atoms with Gasteiger partial charge in [-0.15, -0.1) is 0 Å². The Labute approximate surface area is 101 Å². The fourth-order valence-corrected chi connectivity index (χ4v) is 1.45. The molecule has 0 radical (unpaired) electrons. The predicted octanol–water partition coefficient (Wildman–Crippen LogP) is 2.70. The average molecular weight is 238 g/mol. The van der Waals surface area contributed by atoms with Crippen molar-refractivity contribution in [3.05, 3.63) is 29.1 Å². The van der Waals surface area contributed by atoms with E-state index in [1.807, 2.05) is 0 Å². The van der Waals surface area contributed by atoms with Crippen LogP contribution in [0.15, 0.2) is 12.1 Å². The molecule has 3 nitrogen and oxygen atoms in total. The highest BCUT2D eigenvalue weighted by Gasteiger charge is 2.14. The molecule has 0 heterocycles. The topological polar surface area (TPSA) is 56.1 Å². The lowest BCUT2D eigenvalue weighted by Gasteiger charge is -2.20. The van der Waals surface area contributed by atoms with Gasteiger partial charge in [0.05, 0.1) is 5.60 Å². The van der Waals surface area contributed by atoms with E-state index in [0.717, 1.165) is 0 Å². The highest BCUT2D eigenvalue weighted by Crippen LogP contribution is 2.21. The van der Waals surface area contributed by atoms with Crippen LogP contribution in [0.3, 0.4) is 0 Å². The second-order valence-electron chi connectivity index (χ2n) is 4.94. The smallest absolute Gasteiger partial charge is 0.128 e. The average Bonchev–Trinajstić information content (AvgIpc) is 2.17. The number of rotatable bonds is 4. The molecule has 1 aromatic rings. The number of aryl methyl sites for hydroxylation is 1. The van der Waals surface area contributed by atoms with Crippen LogP contribution < -0.4 is 5.32 Å². The molecule has 1 rings (SSSR count). The van der Waals surface area contributed by atoms with Crippen LogP contribution in [0.4, 0.5) is 10.1 Å². The number of hydrogen-bond acceptors (Lipinski definition) is 3. The van der Waals surface area contributed by atoms with Crippen LogP contribution in [-0.4, -0.2) is 23.0 Å². The van der Waals surface area contributed by atoms with E-state index in [0.29, 0.717) is 29.1 Å². The molecule has 0 aliphatic heterocycles. The quantitative estimate of drug-likeness (QED) is 0.706. The van der Waals surface area contributed by atoms with Gasteiger partial charge in [-0.1, -0.05) is 0 Å². The highest BCUT2D eigenvalue weighted by molar-refractivity contribution is 6.01. The number of halogens is 1. The summed E-state index contributed by atoms with van der Waals surface area (Å²) >= 11 is 0. The van der Waals surface area contributed by atoms with Crippen molar-refractivity contribution in [2.75, 3.05) is 11.9 Å². The lowest BCUT2D eigenvalue weighted by Crippen LogP contribution is -2.29. The van der Waals surface area contributed by atoms with Gasteiger partial charge in [0, 0.05) is 23.5 Å². The Kier molecular flexibility index (Phi) is 3.88. The van der Waals surface area contributed by atoms with E-state index in [1.165, 1.54) is 6.07 Å². The summed E-state index contributed by atoms with van der Waals surface area (Å²) in [5, 5.41) is 20.2. The second kappa shape index (κ2) is 4.84. The molecule has 17 heavy (non-hydrogen) atoms. The molecule has 0 spiro atoms. The molecule has 94 valence electrons. The first-order chi connectivity index (χ1) is 7.70. The molecule has 3 N–H and O–H groups in total. The highest BCUT2D eigenvalue weighted by atomic mass is 19.1. The normalized spacial score (nSPS) is 11.4. The Morgan fingerprint density at radius 3 is 2.53 bits per heavy atom. The van der Waals surface area contributed by atoms with Gasteiger partial charge in [0.15, 0.2) is 0 Å². The van der Waals surface area contributed by atoms with Crippen LogP contribution in [0.2, 0.25) is 0 Å². The van der Waals surface area contributed by atoms with Crippen LogP contribution in [0.5, 0.6) is 0 Å². The van der Waals surface area contributed by atoms with Crippen molar-refractivity contribution in [1.29, 1.82) is 5.41 Å². The van der Waals surface area contributed by atoms with E-state index >= 15 is 0 Å². The van der Waals surface area contributed by atoms with E-state index in [2.05, 4.69) is 5.32 Å². The van der Waals surface area contributed by atoms with Gasteiger partial charge in [-0.3, -0.25) is 0 Å². The van der Waals surface area contributed by atoms with Crippen LogP contribution in [0.1, 0.15) is 31.9 Å². The lowest BCUT2D eigenvalue weighted by atomic mass is 10.0. The lowest BCUT2D eigenvalue weighted by molar-refractivity contribution is 0.0945. The van der Waals surface area contributed by atoms with Crippen molar-refractivity contribution in [3.63, 3.8) is 0 Å². The number of anilines is 1. The summed E-state index contributed by atoms with van der Waals surface area (Å²) in [6.45, 7) is 6.96. The van der Waals surface area contributed by atoms with Crippen LogP contribution >= 0.6 is 0 Å². The Morgan fingerprint density at radius 2 is 2.06 bits per heavy atom. The third-order valence-corrected chi connectivity index (χ3v) is 2.41. The summed E-state index contributed by atoms with van der Waals surface area (Å²) in [5.74, 6) is -0.312.